The number of rotatable bonds is 2. The van der Waals surface area contributed by atoms with Crippen LogP contribution in [0.4, 0.5) is 5.95 Å². The Morgan fingerprint density at radius 2 is 1.89 bits per heavy atom. The summed E-state index contributed by atoms with van der Waals surface area (Å²) in [6, 6.07) is 12.3. The van der Waals surface area contributed by atoms with Crippen LogP contribution in [-0.2, 0) is 6.54 Å². The van der Waals surface area contributed by atoms with Crippen LogP contribution in [0.15, 0.2) is 42.6 Å². The van der Waals surface area contributed by atoms with Gasteiger partial charge in [0.15, 0.2) is 0 Å². The first-order chi connectivity index (χ1) is 8.74. The van der Waals surface area contributed by atoms with Crippen LogP contribution in [-0.4, -0.2) is 14.5 Å². The first-order valence-corrected chi connectivity index (χ1v) is 5.87. The van der Waals surface area contributed by atoms with Crippen molar-refractivity contribution in [3.8, 4) is 0 Å². The molecular formula is C14H14N4. The number of nitrogen functional groups attached to an aromatic ring is 1. The highest BCUT2D eigenvalue weighted by atomic mass is 15.1. The maximum Gasteiger partial charge on any atom is 0.220 e. The third-order valence-electron chi connectivity index (χ3n) is 3.00. The summed E-state index contributed by atoms with van der Waals surface area (Å²) in [5, 5.41) is 0. The lowest BCUT2D eigenvalue weighted by Gasteiger charge is -2.07. The number of hydrogen-bond donors (Lipinski definition) is 1. The van der Waals surface area contributed by atoms with Gasteiger partial charge >= 0.3 is 0 Å². The molecule has 0 atom stereocenters. The summed E-state index contributed by atoms with van der Waals surface area (Å²) in [6.45, 7) is 2.78. The van der Waals surface area contributed by atoms with Crippen molar-refractivity contribution in [2.75, 3.05) is 5.73 Å². The molecular weight excluding hydrogens is 224 g/mol. The molecule has 2 heterocycles. The monoisotopic (exact) mass is 238 g/mol. The second-order valence-corrected chi connectivity index (χ2v) is 4.33. The standard InChI is InChI=1S/C14H14N4/c1-10-13-12(17-14(15)16-10)7-8-18(13)9-11-5-3-2-4-6-11/h2-8H,9H2,1H3,(H2,15,16,17). The molecule has 0 aliphatic rings. The zero-order chi connectivity index (χ0) is 12.5. The highest BCUT2D eigenvalue weighted by molar-refractivity contribution is 5.79. The number of nitrogens with two attached hydrogens (primary N) is 1. The van der Waals surface area contributed by atoms with E-state index in [1.54, 1.807) is 0 Å². The van der Waals surface area contributed by atoms with Gasteiger partial charge in [-0.2, -0.15) is 0 Å². The SMILES string of the molecule is Cc1nc(N)nc2ccn(Cc3ccccc3)c12. The summed E-state index contributed by atoms with van der Waals surface area (Å²) in [5.41, 5.74) is 9.77. The van der Waals surface area contributed by atoms with Gasteiger partial charge in [-0.25, -0.2) is 9.97 Å². The molecule has 0 fully saturated rings. The molecule has 0 radical (unpaired) electrons. The third kappa shape index (κ3) is 1.82. The number of anilines is 1. The van der Waals surface area contributed by atoms with Crippen molar-refractivity contribution in [1.29, 1.82) is 0 Å². The van der Waals surface area contributed by atoms with E-state index in [2.05, 4.69) is 26.7 Å². The summed E-state index contributed by atoms with van der Waals surface area (Å²) in [6.07, 6.45) is 2.03. The lowest BCUT2D eigenvalue weighted by atomic mass is 10.2. The maximum absolute atomic E-state index is 5.66. The van der Waals surface area contributed by atoms with E-state index in [1.165, 1.54) is 5.56 Å². The topological polar surface area (TPSA) is 56.7 Å². The van der Waals surface area contributed by atoms with E-state index in [-0.39, 0.29) is 0 Å². The normalized spacial score (nSPS) is 10.9. The number of benzene rings is 1. The Hall–Kier alpha value is -2.36. The molecule has 0 saturated heterocycles. The van der Waals surface area contributed by atoms with Gasteiger partial charge in [0.2, 0.25) is 5.95 Å². The predicted molar refractivity (Wildman–Crippen MR) is 72.2 cm³/mol. The molecule has 90 valence electrons. The largest absolute Gasteiger partial charge is 0.368 e. The van der Waals surface area contributed by atoms with E-state index in [1.807, 2.05) is 37.4 Å². The Balaban J connectivity index is 2.08. The molecule has 2 N–H and O–H groups in total. The molecule has 3 aromatic rings. The highest BCUT2D eigenvalue weighted by Crippen LogP contribution is 2.18. The zero-order valence-electron chi connectivity index (χ0n) is 10.2. The van der Waals surface area contributed by atoms with Crippen LogP contribution < -0.4 is 5.73 Å². The lowest BCUT2D eigenvalue weighted by Crippen LogP contribution is -2.02. The van der Waals surface area contributed by atoms with Crippen molar-refractivity contribution in [3.05, 3.63) is 53.9 Å². The number of fused-ring (bicyclic) bond motifs is 1. The van der Waals surface area contributed by atoms with E-state index < -0.39 is 0 Å². The van der Waals surface area contributed by atoms with Crippen molar-refractivity contribution in [3.63, 3.8) is 0 Å². The van der Waals surface area contributed by atoms with Gasteiger partial charge < -0.3 is 10.3 Å². The molecule has 1 aromatic carbocycles. The van der Waals surface area contributed by atoms with Gasteiger partial charge in [0.05, 0.1) is 16.7 Å². The molecule has 2 aromatic heterocycles. The Morgan fingerprint density at radius 1 is 1.11 bits per heavy atom. The Morgan fingerprint density at radius 3 is 2.67 bits per heavy atom. The molecule has 0 aliphatic heterocycles. The molecule has 0 unspecified atom stereocenters. The Labute approximate surface area is 105 Å². The molecule has 4 heteroatoms. The van der Waals surface area contributed by atoms with E-state index >= 15 is 0 Å². The minimum Gasteiger partial charge on any atom is -0.368 e. The second kappa shape index (κ2) is 4.14. The van der Waals surface area contributed by atoms with Crippen molar-refractivity contribution in [2.24, 2.45) is 0 Å². The number of aryl methyl sites for hydroxylation is 1. The first-order valence-electron chi connectivity index (χ1n) is 5.87. The van der Waals surface area contributed by atoms with Crippen LogP contribution in [0.2, 0.25) is 0 Å². The van der Waals surface area contributed by atoms with Gasteiger partial charge in [-0.15, -0.1) is 0 Å². The van der Waals surface area contributed by atoms with Gasteiger partial charge in [0.25, 0.3) is 0 Å². The minimum absolute atomic E-state index is 0.331. The molecule has 0 aliphatic carbocycles. The van der Waals surface area contributed by atoms with Crippen LogP contribution in [0.5, 0.6) is 0 Å². The van der Waals surface area contributed by atoms with Gasteiger partial charge in [0, 0.05) is 12.7 Å². The zero-order valence-corrected chi connectivity index (χ0v) is 10.2. The fourth-order valence-corrected chi connectivity index (χ4v) is 2.23. The minimum atomic E-state index is 0.331. The quantitative estimate of drug-likeness (QED) is 0.745. The summed E-state index contributed by atoms with van der Waals surface area (Å²) >= 11 is 0. The molecule has 0 spiro atoms. The van der Waals surface area contributed by atoms with Crippen LogP contribution in [0, 0.1) is 6.92 Å². The van der Waals surface area contributed by atoms with Crippen LogP contribution >= 0.6 is 0 Å². The fraction of sp³-hybridized carbons (Fsp3) is 0.143. The van der Waals surface area contributed by atoms with E-state index in [4.69, 9.17) is 5.73 Å². The van der Waals surface area contributed by atoms with Crippen molar-refractivity contribution < 1.29 is 0 Å². The summed E-state index contributed by atoms with van der Waals surface area (Å²) in [7, 11) is 0. The van der Waals surface area contributed by atoms with E-state index in [0.29, 0.717) is 5.95 Å². The summed E-state index contributed by atoms with van der Waals surface area (Å²) in [5.74, 6) is 0.331. The van der Waals surface area contributed by atoms with Crippen LogP contribution in [0.1, 0.15) is 11.3 Å². The average Bonchev–Trinajstić information content (AvgIpc) is 2.73. The number of aromatic nitrogens is 3. The van der Waals surface area contributed by atoms with Crippen LogP contribution in [0.25, 0.3) is 11.0 Å². The smallest absolute Gasteiger partial charge is 0.220 e. The van der Waals surface area contributed by atoms with Crippen molar-refractivity contribution in [2.45, 2.75) is 13.5 Å². The molecule has 0 amide bonds. The average molecular weight is 238 g/mol. The van der Waals surface area contributed by atoms with Crippen molar-refractivity contribution >= 4 is 17.0 Å². The molecule has 0 bridgehead atoms. The Bertz CT molecular complexity index is 686. The van der Waals surface area contributed by atoms with E-state index in [9.17, 15) is 0 Å². The first kappa shape index (κ1) is 10.8. The number of nitrogens with zero attached hydrogens (tertiary/aromatic N) is 3. The highest BCUT2D eigenvalue weighted by Gasteiger charge is 2.08. The second-order valence-electron chi connectivity index (χ2n) is 4.33. The lowest BCUT2D eigenvalue weighted by molar-refractivity contribution is 0.830. The summed E-state index contributed by atoms with van der Waals surface area (Å²) in [4.78, 5) is 8.47. The molecule has 0 saturated carbocycles. The van der Waals surface area contributed by atoms with Crippen LogP contribution in [0.3, 0.4) is 0 Å². The summed E-state index contributed by atoms with van der Waals surface area (Å²) < 4.78 is 2.15. The molecule has 4 nitrogen and oxygen atoms in total. The van der Waals surface area contributed by atoms with Gasteiger partial charge in [-0.3, -0.25) is 0 Å². The van der Waals surface area contributed by atoms with Gasteiger partial charge in [-0.05, 0) is 18.6 Å². The Kier molecular flexibility index (Phi) is 2.48. The fourth-order valence-electron chi connectivity index (χ4n) is 2.23. The third-order valence-corrected chi connectivity index (χ3v) is 3.00. The maximum atomic E-state index is 5.66. The van der Waals surface area contributed by atoms with E-state index in [0.717, 1.165) is 23.3 Å². The predicted octanol–water partition coefficient (Wildman–Crippen LogP) is 2.37. The van der Waals surface area contributed by atoms with Crippen molar-refractivity contribution in [1.82, 2.24) is 14.5 Å². The van der Waals surface area contributed by atoms with Gasteiger partial charge in [0.1, 0.15) is 0 Å². The van der Waals surface area contributed by atoms with Gasteiger partial charge in [-0.1, -0.05) is 30.3 Å². The molecule has 3 rings (SSSR count). The number of hydrogen-bond acceptors (Lipinski definition) is 3. The molecule has 18 heavy (non-hydrogen) atoms.